The van der Waals surface area contributed by atoms with Crippen LogP contribution in [-0.4, -0.2) is 35.2 Å². The number of nitrogens with zero attached hydrogens (tertiary/aromatic N) is 1. The Kier molecular flexibility index (Phi) is 4.93. The van der Waals surface area contributed by atoms with Crippen molar-refractivity contribution in [2.75, 3.05) is 13.1 Å². The molecule has 0 bridgehead atoms. The van der Waals surface area contributed by atoms with Gasteiger partial charge in [-0.1, -0.05) is 42.5 Å². The first-order valence-corrected chi connectivity index (χ1v) is 10.0. The molecular weight excluding hydrogens is 407 g/mol. The average molecular weight is 431 g/mol. The minimum Gasteiger partial charge on any atom is -0.391 e. The normalized spacial score (nSPS) is 25.4. The highest BCUT2D eigenvalue weighted by Crippen LogP contribution is 2.33. The van der Waals surface area contributed by atoms with Crippen LogP contribution in [0.4, 0.5) is 0 Å². The lowest BCUT2D eigenvalue weighted by molar-refractivity contribution is 0.0293. The molecule has 4 rings (SSSR count). The van der Waals surface area contributed by atoms with Gasteiger partial charge in [0, 0.05) is 16.0 Å². The van der Waals surface area contributed by atoms with Crippen molar-refractivity contribution in [3.05, 3.63) is 68.8 Å². The summed E-state index contributed by atoms with van der Waals surface area (Å²) in [5, 5.41) is 10.7. The minimum absolute atomic E-state index is 0.232. The highest BCUT2D eigenvalue weighted by Gasteiger charge is 2.34. The van der Waals surface area contributed by atoms with Crippen molar-refractivity contribution in [3.63, 3.8) is 0 Å². The van der Waals surface area contributed by atoms with E-state index in [4.69, 9.17) is 0 Å². The Morgan fingerprint density at radius 2 is 1.67 bits per heavy atom. The summed E-state index contributed by atoms with van der Waals surface area (Å²) in [4.78, 5) is 2.54. The quantitative estimate of drug-likeness (QED) is 0.727. The maximum Gasteiger partial charge on any atom is 0.0738 e. The highest BCUT2D eigenvalue weighted by atomic mass is 125. The third-order valence-corrected chi connectivity index (χ3v) is 6.78. The number of aliphatic hydroxyl groups is 1. The summed E-state index contributed by atoms with van der Waals surface area (Å²) < 4.78 is 1.35. The second kappa shape index (κ2) is 7.14. The summed E-state index contributed by atoms with van der Waals surface area (Å²) in [5.74, 6) is 0.676. The lowest BCUT2D eigenvalue weighted by Crippen LogP contribution is -2.51. The first-order valence-electron chi connectivity index (χ1n) is 8.95. The topological polar surface area (TPSA) is 23.5 Å². The largest absolute Gasteiger partial charge is 0.391 e. The molecule has 2 aliphatic rings. The molecule has 3 heteroatoms. The van der Waals surface area contributed by atoms with E-state index in [2.05, 4.69) is 76.0 Å². The van der Waals surface area contributed by atoms with Crippen LogP contribution in [0, 0.1) is 3.57 Å². The fourth-order valence-corrected chi connectivity index (χ4v) is 5.17. The molecule has 0 unspecified atom stereocenters. The number of fused-ring (bicyclic) bond motifs is 1. The zero-order chi connectivity index (χ0) is 16.5. The Morgan fingerprint density at radius 1 is 0.917 bits per heavy atom. The monoisotopic (exact) mass is 431 g/mol. The molecule has 0 spiro atoms. The fraction of sp³-hybridized carbons (Fsp3) is 0.429. The van der Waals surface area contributed by atoms with Gasteiger partial charge in [-0.25, -0.2) is 0 Å². The number of hydrogen-bond donors (Lipinski definition) is 1. The molecule has 24 heavy (non-hydrogen) atoms. The summed E-state index contributed by atoms with van der Waals surface area (Å²) in [6.45, 7) is 2.19. The van der Waals surface area contributed by atoms with Crippen LogP contribution in [0.25, 0.3) is 0 Å². The SMILES string of the molecule is O[C@H]1Cc2cccc([125I])c2C[C@@H]1N1CCC(c2ccccc2)CC1. The van der Waals surface area contributed by atoms with Crippen molar-refractivity contribution in [1.29, 1.82) is 0 Å². The molecule has 0 radical (unpaired) electrons. The van der Waals surface area contributed by atoms with Crippen LogP contribution in [0.1, 0.15) is 35.4 Å². The number of piperidine rings is 1. The molecule has 2 atom stereocenters. The van der Waals surface area contributed by atoms with Crippen molar-refractivity contribution in [1.82, 2.24) is 4.90 Å². The van der Waals surface area contributed by atoms with Gasteiger partial charge in [0.15, 0.2) is 0 Å². The first-order chi connectivity index (χ1) is 11.7. The zero-order valence-corrected chi connectivity index (χ0v) is 16.0. The molecule has 0 saturated carbocycles. The van der Waals surface area contributed by atoms with Gasteiger partial charge in [0.05, 0.1) is 6.10 Å². The van der Waals surface area contributed by atoms with Crippen LogP contribution in [0.15, 0.2) is 48.5 Å². The molecule has 1 heterocycles. The second-order valence-electron chi connectivity index (χ2n) is 7.14. The van der Waals surface area contributed by atoms with Gasteiger partial charge >= 0.3 is 0 Å². The Morgan fingerprint density at radius 3 is 2.42 bits per heavy atom. The van der Waals surface area contributed by atoms with E-state index >= 15 is 0 Å². The number of hydrogen-bond acceptors (Lipinski definition) is 2. The van der Waals surface area contributed by atoms with E-state index in [-0.39, 0.29) is 12.1 Å². The molecule has 1 aliphatic heterocycles. The Balaban J connectivity index is 1.45. The van der Waals surface area contributed by atoms with Crippen molar-refractivity contribution in [3.8, 4) is 0 Å². The van der Waals surface area contributed by atoms with E-state index in [1.807, 2.05) is 0 Å². The molecule has 2 aromatic carbocycles. The van der Waals surface area contributed by atoms with Gasteiger partial charge in [-0.2, -0.15) is 0 Å². The maximum atomic E-state index is 10.7. The molecule has 1 N–H and O–H groups in total. The molecule has 1 saturated heterocycles. The Hall–Kier alpha value is -0.910. The van der Waals surface area contributed by atoms with Crippen LogP contribution in [0.3, 0.4) is 0 Å². The van der Waals surface area contributed by atoms with Gasteiger partial charge in [0.25, 0.3) is 0 Å². The molecule has 126 valence electrons. The summed E-state index contributed by atoms with van der Waals surface area (Å²) in [7, 11) is 0. The van der Waals surface area contributed by atoms with Crippen LogP contribution < -0.4 is 0 Å². The molecule has 1 fully saturated rings. The van der Waals surface area contributed by atoms with Crippen molar-refractivity contribution >= 4 is 22.6 Å². The van der Waals surface area contributed by atoms with Crippen LogP contribution in [-0.2, 0) is 12.8 Å². The van der Waals surface area contributed by atoms with Gasteiger partial charge in [0.1, 0.15) is 0 Å². The molecule has 0 aromatic heterocycles. The molecule has 2 aromatic rings. The van der Waals surface area contributed by atoms with Crippen LogP contribution in [0.5, 0.6) is 0 Å². The molecule has 0 amide bonds. The Bertz CT molecular complexity index is 694. The first kappa shape index (κ1) is 16.6. The van der Waals surface area contributed by atoms with E-state index in [1.54, 1.807) is 0 Å². The third kappa shape index (κ3) is 3.26. The standard InChI is InChI=1S/C21H24INO/c22-19-8-4-7-17-13-21(24)20(14-18(17)19)23-11-9-16(10-12-23)15-5-2-1-3-6-15/h1-8,16,20-21,24H,9-14H2/t20-,21-/m0/s1/i22-2. The third-order valence-electron chi connectivity index (χ3n) is 5.77. The number of aliphatic hydroxyl groups excluding tert-OH is 1. The van der Waals surface area contributed by atoms with Crippen molar-refractivity contribution < 1.29 is 5.11 Å². The zero-order valence-electron chi connectivity index (χ0n) is 13.9. The van der Waals surface area contributed by atoms with Gasteiger partial charge in [0.2, 0.25) is 0 Å². The number of likely N-dealkylation sites (tertiary alicyclic amines) is 1. The van der Waals surface area contributed by atoms with E-state index < -0.39 is 0 Å². The maximum absolute atomic E-state index is 10.7. The van der Waals surface area contributed by atoms with Crippen molar-refractivity contribution in [2.24, 2.45) is 0 Å². The van der Waals surface area contributed by atoms with Gasteiger partial charge < -0.3 is 5.11 Å². The highest BCUT2D eigenvalue weighted by molar-refractivity contribution is 14.1. The van der Waals surface area contributed by atoms with Gasteiger partial charge in [-0.3, -0.25) is 4.90 Å². The molecule has 1 aliphatic carbocycles. The lowest BCUT2D eigenvalue weighted by Gasteiger charge is -2.42. The molecule has 2 nitrogen and oxygen atoms in total. The predicted octanol–water partition coefficient (Wildman–Crippen LogP) is 4.00. The number of benzene rings is 2. The van der Waals surface area contributed by atoms with Crippen LogP contribution in [0.2, 0.25) is 0 Å². The second-order valence-corrected chi connectivity index (χ2v) is 8.30. The summed E-state index contributed by atoms with van der Waals surface area (Å²) >= 11 is 2.44. The van der Waals surface area contributed by atoms with Gasteiger partial charge in [-0.15, -0.1) is 0 Å². The summed E-state index contributed by atoms with van der Waals surface area (Å²) in [6, 6.07) is 17.7. The van der Waals surface area contributed by atoms with E-state index in [0.717, 1.165) is 25.9 Å². The predicted molar refractivity (Wildman–Crippen MR) is 106 cm³/mol. The van der Waals surface area contributed by atoms with Crippen LogP contribution >= 0.6 is 22.6 Å². The number of halogens is 1. The lowest BCUT2D eigenvalue weighted by atomic mass is 9.83. The Labute approximate surface area is 158 Å². The number of rotatable bonds is 2. The summed E-state index contributed by atoms with van der Waals surface area (Å²) in [5.41, 5.74) is 4.27. The van der Waals surface area contributed by atoms with E-state index in [0.29, 0.717) is 5.92 Å². The summed E-state index contributed by atoms with van der Waals surface area (Å²) in [6.07, 6.45) is 3.96. The average Bonchev–Trinajstić information content (AvgIpc) is 2.62. The van der Waals surface area contributed by atoms with E-state index in [1.165, 1.54) is 33.1 Å². The fourth-order valence-electron chi connectivity index (χ4n) is 4.39. The molecular formula is C21H24INO. The van der Waals surface area contributed by atoms with E-state index in [9.17, 15) is 5.11 Å². The van der Waals surface area contributed by atoms with Crippen molar-refractivity contribution in [2.45, 2.75) is 43.7 Å². The smallest absolute Gasteiger partial charge is 0.0738 e. The minimum atomic E-state index is -0.232. The van der Waals surface area contributed by atoms with Gasteiger partial charge in [-0.05, 0) is 83.6 Å².